The van der Waals surface area contributed by atoms with Crippen LogP contribution in [-0.4, -0.2) is 13.1 Å². The van der Waals surface area contributed by atoms with Crippen LogP contribution in [0.5, 0.6) is 0 Å². The van der Waals surface area contributed by atoms with Crippen LogP contribution >= 0.6 is 15.9 Å². The van der Waals surface area contributed by atoms with Crippen LogP contribution in [0.4, 0.5) is 11.4 Å². The van der Waals surface area contributed by atoms with Crippen molar-refractivity contribution < 1.29 is 0 Å². The second kappa shape index (κ2) is 3.95. The molecule has 0 atom stereocenters. The third-order valence-electron chi connectivity index (χ3n) is 3.97. The number of hydrogen-bond acceptors (Lipinski definition) is 2. The largest absolute Gasteiger partial charge is 0.383 e. The van der Waals surface area contributed by atoms with Gasteiger partial charge in [-0.3, -0.25) is 0 Å². The van der Waals surface area contributed by atoms with E-state index in [1.807, 2.05) is 0 Å². The number of fused-ring (bicyclic) bond motifs is 1. The van der Waals surface area contributed by atoms with Gasteiger partial charge in [0.15, 0.2) is 0 Å². The van der Waals surface area contributed by atoms with Crippen LogP contribution in [0.2, 0.25) is 0 Å². The standard InChI is InChI=1S/C13H17BrN2/c14-10-4-3-5-11-12(10)16-9-13(8-15-11)6-1-2-7-13/h3-5,15-16H,1-2,6-9H2. The van der Waals surface area contributed by atoms with Gasteiger partial charge >= 0.3 is 0 Å². The van der Waals surface area contributed by atoms with Gasteiger partial charge in [0.2, 0.25) is 0 Å². The van der Waals surface area contributed by atoms with Gasteiger partial charge in [0.05, 0.1) is 11.4 Å². The average molecular weight is 281 g/mol. The van der Waals surface area contributed by atoms with Crippen LogP contribution in [-0.2, 0) is 0 Å². The molecule has 1 aliphatic heterocycles. The van der Waals surface area contributed by atoms with Gasteiger partial charge in [-0.05, 0) is 40.9 Å². The number of halogens is 1. The molecule has 1 aromatic rings. The first-order valence-electron chi connectivity index (χ1n) is 6.05. The summed E-state index contributed by atoms with van der Waals surface area (Å²) in [5.41, 5.74) is 2.95. The van der Waals surface area contributed by atoms with E-state index in [2.05, 4.69) is 44.8 Å². The highest BCUT2D eigenvalue weighted by Crippen LogP contribution is 2.42. The normalized spacial score (nSPS) is 22.1. The Balaban J connectivity index is 1.89. The van der Waals surface area contributed by atoms with E-state index in [-0.39, 0.29) is 0 Å². The summed E-state index contributed by atoms with van der Waals surface area (Å²) in [6.45, 7) is 2.22. The highest BCUT2D eigenvalue weighted by atomic mass is 79.9. The molecule has 1 fully saturated rings. The Hall–Kier alpha value is -0.700. The van der Waals surface area contributed by atoms with E-state index < -0.39 is 0 Å². The topological polar surface area (TPSA) is 24.1 Å². The first-order valence-corrected chi connectivity index (χ1v) is 6.85. The Kier molecular flexibility index (Phi) is 2.58. The van der Waals surface area contributed by atoms with Crippen LogP contribution in [0, 0.1) is 5.41 Å². The lowest BCUT2D eigenvalue weighted by Gasteiger charge is -2.27. The van der Waals surface area contributed by atoms with Crippen molar-refractivity contribution in [3.63, 3.8) is 0 Å². The molecule has 0 saturated heterocycles. The molecule has 2 aliphatic rings. The van der Waals surface area contributed by atoms with E-state index in [1.165, 1.54) is 37.1 Å². The van der Waals surface area contributed by atoms with Crippen molar-refractivity contribution in [3.05, 3.63) is 22.7 Å². The highest BCUT2D eigenvalue weighted by Gasteiger charge is 2.35. The van der Waals surface area contributed by atoms with E-state index in [9.17, 15) is 0 Å². The molecule has 0 amide bonds. The monoisotopic (exact) mass is 280 g/mol. The van der Waals surface area contributed by atoms with E-state index in [1.54, 1.807) is 0 Å². The van der Waals surface area contributed by atoms with Crippen molar-refractivity contribution in [1.82, 2.24) is 0 Å². The predicted molar refractivity (Wildman–Crippen MR) is 72.0 cm³/mol. The quantitative estimate of drug-likeness (QED) is 0.755. The minimum atomic E-state index is 0.485. The van der Waals surface area contributed by atoms with Gasteiger partial charge in [-0.15, -0.1) is 0 Å². The summed E-state index contributed by atoms with van der Waals surface area (Å²) in [6.07, 6.45) is 5.50. The van der Waals surface area contributed by atoms with Crippen molar-refractivity contribution in [2.75, 3.05) is 23.7 Å². The maximum atomic E-state index is 3.62. The lowest BCUT2D eigenvalue weighted by Crippen LogP contribution is -2.31. The Morgan fingerprint density at radius 1 is 1.06 bits per heavy atom. The van der Waals surface area contributed by atoms with Crippen LogP contribution in [0.15, 0.2) is 22.7 Å². The summed E-state index contributed by atoms with van der Waals surface area (Å²) in [5.74, 6) is 0. The van der Waals surface area contributed by atoms with Crippen molar-refractivity contribution in [1.29, 1.82) is 0 Å². The lowest BCUT2D eigenvalue weighted by atomic mass is 9.86. The maximum Gasteiger partial charge on any atom is 0.0720 e. The fraction of sp³-hybridized carbons (Fsp3) is 0.538. The predicted octanol–water partition coefficient (Wildman–Crippen LogP) is 3.85. The third kappa shape index (κ3) is 1.71. The highest BCUT2D eigenvalue weighted by molar-refractivity contribution is 9.10. The first-order chi connectivity index (χ1) is 7.79. The van der Waals surface area contributed by atoms with E-state index in [0.717, 1.165) is 17.6 Å². The molecule has 1 spiro atoms. The number of rotatable bonds is 0. The van der Waals surface area contributed by atoms with Crippen molar-refractivity contribution in [2.24, 2.45) is 5.41 Å². The molecule has 16 heavy (non-hydrogen) atoms. The van der Waals surface area contributed by atoms with E-state index in [4.69, 9.17) is 0 Å². The summed E-state index contributed by atoms with van der Waals surface area (Å²) < 4.78 is 1.16. The van der Waals surface area contributed by atoms with Gasteiger partial charge in [0, 0.05) is 23.0 Å². The number of para-hydroxylation sites is 1. The Bertz CT molecular complexity index is 397. The molecule has 0 aromatic heterocycles. The van der Waals surface area contributed by atoms with Gasteiger partial charge in [0.25, 0.3) is 0 Å². The number of hydrogen-bond donors (Lipinski definition) is 2. The van der Waals surface area contributed by atoms with Gasteiger partial charge in [-0.1, -0.05) is 18.9 Å². The second-order valence-corrected chi connectivity index (χ2v) is 5.93. The van der Waals surface area contributed by atoms with E-state index >= 15 is 0 Å². The zero-order valence-corrected chi connectivity index (χ0v) is 10.9. The SMILES string of the molecule is Brc1cccc2c1NCC1(CCCC1)CN2. The molecule has 1 saturated carbocycles. The zero-order chi connectivity index (χ0) is 11.0. The first kappa shape index (κ1) is 10.5. The summed E-state index contributed by atoms with van der Waals surface area (Å²) in [7, 11) is 0. The van der Waals surface area contributed by atoms with E-state index in [0.29, 0.717) is 5.41 Å². The number of benzene rings is 1. The molecule has 0 unspecified atom stereocenters. The molecule has 3 heteroatoms. The Labute approximate surface area is 105 Å². The van der Waals surface area contributed by atoms with Crippen LogP contribution in [0.25, 0.3) is 0 Å². The molecule has 1 aromatic carbocycles. The van der Waals surface area contributed by atoms with Crippen LogP contribution < -0.4 is 10.6 Å². The van der Waals surface area contributed by atoms with Gasteiger partial charge in [0.1, 0.15) is 0 Å². The minimum absolute atomic E-state index is 0.485. The minimum Gasteiger partial charge on any atom is -0.383 e. The average Bonchev–Trinajstić information content (AvgIpc) is 2.65. The summed E-state index contributed by atoms with van der Waals surface area (Å²) in [6, 6.07) is 6.34. The molecule has 1 heterocycles. The third-order valence-corrected chi connectivity index (χ3v) is 4.63. The number of nitrogens with one attached hydrogen (secondary N) is 2. The van der Waals surface area contributed by atoms with Crippen molar-refractivity contribution in [3.8, 4) is 0 Å². The molecule has 2 nitrogen and oxygen atoms in total. The molecule has 2 N–H and O–H groups in total. The van der Waals surface area contributed by atoms with Gasteiger partial charge < -0.3 is 10.6 Å². The molecule has 86 valence electrons. The Morgan fingerprint density at radius 2 is 1.81 bits per heavy atom. The molecule has 3 rings (SSSR count). The summed E-state index contributed by atoms with van der Waals surface area (Å²) in [4.78, 5) is 0. The second-order valence-electron chi connectivity index (χ2n) is 5.08. The summed E-state index contributed by atoms with van der Waals surface area (Å²) >= 11 is 3.61. The molecular formula is C13H17BrN2. The van der Waals surface area contributed by atoms with Gasteiger partial charge in [-0.25, -0.2) is 0 Å². The maximum absolute atomic E-state index is 3.62. The molecule has 0 bridgehead atoms. The zero-order valence-electron chi connectivity index (χ0n) is 9.35. The smallest absolute Gasteiger partial charge is 0.0720 e. The van der Waals surface area contributed by atoms with Crippen molar-refractivity contribution >= 4 is 27.3 Å². The molecule has 0 radical (unpaired) electrons. The fourth-order valence-corrected chi connectivity index (χ4v) is 3.46. The Morgan fingerprint density at radius 3 is 2.62 bits per heavy atom. The van der Waals surface area contributed by atoms with Crippen LogP contribution in [0.1, 0.15) is 25.7 Å². The molecule has 1 aliphatic carbocycles. The van der Waals surface area contributed by atoms with Crippen molar-refractivity contribution in [2.45, 2.75) is 25.7 Å². The van der Waals surface area contributed by atoms with Crippen LogP contribution in [0.3, 0.4) is 0 Å². The number of anilines is 2. The lowest BCUT2D eigenvalue weighted by molar-refractivity contribution is 0.346. The fourth-order valence-electron chi connectivity index (χ4n) is 2.95. The van der Waals surface area contributed by atoms with Gasteiger partial charge in [-0.2, -0.15) is 0 Å². The summed E-state index contributed by atoms with van der Waals surface area (Å²) in [5, 5.41) is 7.22. The molecular weight excluding hydrogens is 264 g/mol.